The minimum Gasteiger partial charge on any atom is -0.440 e. The molecule has 2 atom stereocenters. The van der Waals surface area contributed by atoms with Crippen molar-refractivity contribution < 1.29 is 18.3 Å². The summed E-state index contributed by atoms with van der Waals surface area (Å²) in [7, 11) is 0. The van der Waals surface area contributed by atoms with Crippen molar-refractivity contribution in [1.82, 2.24) is 24.4 Å². The Morgan fingerprint density at radius 1 is 0.974 bits per heavy atom. The van der Waals surface area contributed by atoms with E-state index in [-0.39, 0.29) is 17.6 Å². The number of likely N-dealkylation sites (tertiary alicyclic amines) is 1. The Morgan fingerprint density at radius 2 is 1.76 bits per heavy atom. The Balaban J connectivity index is 1.15. The first-order chi connectivity index (χ1) is 18.5. The van der Waals surface area contributed by atoms with E-state index in [4.69, 9.17) is 4.74 Å². The number of hydrogen-bond acceptors (Lipinski definition) is 5. The molecular weight excluding hydrogens is 492 g/mol. The van der Waals surface area contributed by atoms with E-state index in [2.05, 4.69) is 15.0 Å². The third kappa shape index (κ3) is 4.44. The Labute approximate surface area is 217 Å². The van der Waals surface area contributed by atoms with Gasteiger partial charge in [0.05, 0.1) is 11.2 Å². The molecule has 196 valence electrons. The van der Waals surface area contributed by atoms with Gasteiger partial charge in [0.15, 0.2) is 17.3 Å². The quantitative estimate of drug-likeness (QED) is 0.383. The van der Waals surface area contributed by atoms with E-state index in [1.165, 1.54) is 6.07 Å². The van der Waals surface area contributed by atoms with Crippen molar-refractivity contribution in [3.05, 3.63) is 93.8 Å². The van der Waals surface area contributed by atoms with Gasteiger partial charge in [0.1, 0.15) is 6.10 Å². The third-order valence-corrected chi connectivity index (χ3v) is 7.72. The summed E-state index contributed by atoms with van der Waals surface area (Å²) in [5.41, 5.74) is 2.95. The molecule has 4 heterocycles. The second-order valence-electron chi connectivity index (χ2n) is 9.93. The van der Waals surface area contributed by atoms with Crippen molar-refractivity contribution in [2.45, 2.75) is 50.2 Å². The standard InChI is InChI=1S/C28H27F2N5O3/c29-21-6-1-5-20(24(21)30)17-8-9-23(25-18(16-17)4-2-12-31-25)38-28(37)34-14-10-19(11-15-34)35-22-7-3-13-32-26(22)33-27(35)36/h1-7,12-13,17,19,23H,8-11,14-16H2,(H,32,33,36). The minimum atomic E-state index is -0.865. The SMILES string of the molecule is O=C(OC1CCC(c2cccc(F)c2F)Cc2cccnc21)N1CCC(n2c(=O)[nH]c3ncccc32)CC1. The first-order valence-electron chi connectivity index (χ1n) is 12.9. The number of hydrogen-bond donors (Lipinski definition) is 1. The molecule has 0 bridgehead atoms. The third-order valence-electron chi connectivity index (χ3n) is 7.72. The molecule has 1 fully saturated rings. The van der Waals surface area contributed by atoms with E-state index < -0.39 is 23.8 Å². The fraction of sp³-hybridized carbons (Fsp3) is 0.357. The van der Waals surface area contributed by atoms with Crippen LogP contribution in [0.5, 0.6) is 0 Å². The molecular formula is C28H27F2N5O3. The van der Waals surface area contributed by atoms with E-state index in [0.29, 0.717) is 62.1 Å². The normalized spacial score (nSPS) is 20.2. The molecule has 2 unspecified atom stereocenters. The largest absolute Gasteiger partial charge is 0.440 e. The number of halogens is 2. The van der Waals surface area contributed by atoms with Crippen molar-refractivity contribution in [3.8, 4) is 0 Å². The van der Waals surface area contributed by atoms with Gasteiger partial charge in [-0.3, -0.25) is 14.5 Å². The van der Waals surface area contributed by atoms with Crippen LogP contribution in [0.4, 0.5) is 13.6 Å². The van der Waals surface area contributed by atoms with Crippen LogP contribution in [0.3, 0.4) is 0 Å². The molecule has 2 aliphatic rings. The van der Waals surface area contributed by atoms with Crippen molar-refractivity contribution in [3.63, 3.8) is 0 Å². The van der Waals surface area contributed by atoms with Crippen LogP contribution in [0.25, 0.3) is 11.2 Å². The lowest BCUT2D eigenvalue weighted by molar-refractivity contribution is 0.0473. The van der Waals surface area contributed by atoms with Crippen molar-refractivity contribution in [1.29, 1.82) is 0 Å². The van der Waals surface area contributed by atoms with Gasteiger partial charge in [0, 0.05) is 31.5 Å². The zero-order valence-corrected chi connectivity index (χ0v) is 20.6. The molecule has 0 radical (unpaired) electrons. The van der Waals surface area contributed by atoms with E-state index in [1.807, 2.05) is 12.1 Å². The van der Waals surface area contributed by atoms with Crippen LogP contribution in [-0.4, -0.2) is 43.6 Å². The van der Waals surface area contributed by atoms with Crippen LogP contribution in [0, 0.1) is 11.6 Å². The molecule has 38 heavy (non-hydrogen) atoms. The molecule has 6 rings (SSSR count). The van der Waals surface area contributed by atoms with Crippen LogP contribution < -0.4 is 5.69 Å². The lowest BCUT2D eigenvalue weighted by Gasteiger charge is -2.33. The number of nitrogens with zero attached hydrogens (tertiary/aromatic N) is 4. The first-order valence-corrected chi connectivity index (χ1v) is 12.9. The monoisotopic (exact) mass is 519 g/mol. The summed E-state index contributed by atoms with van der Waals surface area (Å²) < 4.78 is 36.2. The van der Waals surface area contributed by atoms with Crippen LogP contribution >= 0.6 is 0 Å². The highest BCUT2D eigenvalue weighted by Crippen LogP contribution is 2.38. The molecule has 1 amide bonds. The average molecular weight is 520 g/mol. The number of imidazole rings is 1. The maximum Gasteiger partial charge on any atom is 0.410 e. The summed E-state index contributed by atoms with van der Waals surface area (Å²) in [6.07, 6.45) is 4.94. The number of carbonyl (C=O) groups is 1. The summed E-state index contributed by atoms with van der Waals surface area (Å²) in [6, 6.07) is 11.6. The molecule has 1 saturated heterocycles. The number of pyridine rings is 2. The molecule has 1 aliphatic heterocycles. The molecule has 1 N–H and O–H groups in total. The van der Waals surface area contributed by atoms with Gasteiger partial charge in [0.2, 0.25) is 0 Å². The first kappa shape index (κ1) is 24.3. The number of carbonyl (C=O) groups excluding carboxylic acids is 1. The zero-order valence-electron chi connectivity index (χ0n) is 20.6. The maximum absolute atomic E-state index is 14.6. The van der Waals surface area contributed by atoms with E-state index in [9.17, 15) is 18.4 Å². The Kier molecular flexibility index (Phi) is 6.39. The molecule has 4 aromatic rings. The highest BCUT2D eigenvalue weighted by Gasteiger charge is 2.33. The minimum absolute atomic E-state index is 0.0494. The van der Waals surface area contributed by atoms with Gasteiger partial charge in [-0.1, -0.05) is 18.2 Å². The van der Waals surface area contributed by atoms with Crippen LogP contribution in [-0.2, 0) is 11.2 Å². The Bertz CT molecular complexity index is 1540. The molecule has 0 saturated carbocycles. The van der Waals surface area contributed by atoms with Crippen molar-refractivity contribution in [2.24, 2.45) is 0 Å². The van der Waals surface area contributed by atoms with Crippen molar-refractivity contribution >= 4 is 17.3 Å². The summed E-state index contributed by atoms with van der Waals surface area (Å²) >= 11 is 0. The van der Waals surface area contributed by atoms with E-state index >= 15 is 0 Å². The van der Waals surface area contributed by atoms with E-state index in [1.54, 1.807) is 40.1 Å². The summed E-state index contributed by atoms with van der Waals surface area (Å²) in [6.45, 7) is 0.892. The maximum atomic E-state index is 14.6. The summed E-state index contributed by atoms with van der Waals surface area (Å²) in [4.78, 5) is 38.9. The van der Waals surface area contributed by atoms with Gasteiger partial charge in [0.25, 0.3) is 0 Å². The molecule has 10 heteroatoms. The van der Waals surface area contributed by atoms with Crippen LogP contribution in [0.15, 0.2) is 59.7 Å². The Morgan fingerprint density at radius 3 is 2.61 bits per heavy atom. The predicted octanol–water partition coefficient (Wildman–Crippen LogP) is 5.03. The number of amides is 1. The van der Waals surface area contributed by atoms with Gasteiger partial charge in [-0.2, -0.15) is 0 Å². The van der Waals surface area contributed by atoms with Gasteiger partial charge in [-0.15, -0.1) is 0 Å². The highest BCUT2D eigenvalue weighted by molar-refractivity contribution is 5.70. The lowest BCUT2D eigenvalue weighted by atomic mass is 9.90. The van der Waals surface area contributed by atoms with Gasteiger partial charge in [-0.05, 0) is 73.4 Å². The summed E-state index contributed by atoms with van der Waals surface area (Å²) in [5.74, 6) is -1.95. The topological polar surface area (TPSA) is 93.1 Å². The second-order valence-corrected chi connectivity index (χ2v) is 9.93. The average Bonchev–Trinajstić information content (AvgIpc) is 3.16. The lowest BCUT2D eigenvalue weighted by Crippen LogP contribution is -2.41. The number of aromatic nitrogens is 4. The smallest absolute Gasteiger partial charge is 0.410 e. The zero-order chi connectivity index (χ0) is 26.2. The number of H-pyrrole nitrogens is 1. The fourth-order valence-electron chi connectivity index (χ4n) is 5.81. The number of benzene rings is 1. The number of piperidine rings is 1. The molecule has 1 aromatic carbocycles. The van der Waals surface area contributed by atoms with Crippen LogP contribution in [0.1, 0.15) is 60.6 Å². The molecule has 3 aromatic heterocycles. The summed E-state index contributed by atoms with van der Waals surface area (Å²) in [5, 5.41) is 0. The van der Waals surface area contributed by atoms with Crippen LogP contribution in [0.2, 0.25) is 0 Å². The number of rotatable bonds is 3. The molecule has 1 aliphatic carbocycles. The number of nitrogens with one attached hydrogen (secondary N) is 1. The molecule has 8 nitrogen and oxygen atoms in total. The highest BCUT2D eigenvalue weighted by atomic mass is 19.2. The Hall–Kier alpha value is -4.08. The number of ether oxygens (including phenoxy) is 1. The number of fused-ring (bicyclic) bond motifs is 2. The molecule has 0 spiro atoms. The van der Waals surface area contributed by atoms with Gasteiger partial charge < -0.3 is 9.64 Å². The second kappa shape index (κ2) is 10.00. The fourth-order valence-corrected chi connectivity index (χ4v) is 5.81. The number of aromatic amines is 1. The predicted molar refractivity (Wildman–Crippen MR) is 136 cm³/mol. The van der Waals surface area contributed by atoms with Gasteiger partial charge in [-0.25, -0.2) is 23.4 Å². The van der Waals surface area contributed by atoms with Gasteiger partial charge >= 0.3 is 11.8 Å². The van der Waals surface area contributed by atoms with Crippen molar-refractivity contribution in [2.75, 3.05) is 13.1 Å². The van der Waals surface area contributed by atoms with E-state index in [0.717, 1.165) is 17.1 Å².